The lowest BCUT2D eigenvalue weighted by Crippen LogP contribution is -2.58. The van der Waals surface area contributed by atoms with Gasteiger partial charge < -0.3 is 30.9 Å². The normalized spacial score (nSPS) is 26.0. The van der Waals surface area contributed by atoms with Crippen molar-refractivity contribution in [1.29, 1.82) is 0 Å². The van der Waals surface area contributed by atoms with Gasteiger partial charge in [0.2, 0.25) is 5.79 Å². The van der Waals surface area contributed by atoms with Gasteiger partial charge in [-0.15, -0.1) is 0 Å². The largest absolute Gasteiger partial charge is 0.455 e. The van der Waals surface area contributed by atoms with Crippen molar-refractivity contribution in [2.75, 3.05) is 13.2 Å². The van der Waals surface area contributed by atoms with Crippen molar-refractivity contribution >= 4 is 57.7 Å². The van der Waals surface area contributed by atoms with Crippen LogP contribution in [0, 0.1) is 0 Å². The second-order valence-electron chi connectivity index (χ2n) is 16.6. The van der Waals surface area contributed by atoms with Crippen LogP contribution in [0.1, 0.15) is 0 Å². The summed E-state index contributed by atoms with van der Waals surface area (Å²) in [7, 11) is -16.9. The van der Waals surface area contributed by atoms with E-state index < -0.39 is 81.8 Å². The molecule has 0 N–H and O–H groups in total. The first-order valence-corrected chi connectivity index (χ1v) is 36.3. The molecule has 1 saturated heterocycles. The lowest BCUT2D eigenvalue weighted by atomic mass is 10.1. The number of ether oxygens (including phenoxy) is 1. The number of rotatable bonds is 16. The molecule has 9 nitrogen and oxygen atoms in total. The molecule has 0 bridgehead atoms. The maximum absolute atomic E-state index is 14.2. The van der Waals surface area contributed by atoms with Crippen molar-refractivity contribution in [3.05, 3.63) is 0 Å². The molecular formula is C24H61O9PSi6. The van der Waals surface area contributed by atoms with Crippen LogP contribution < -0.4 is 0 Å². The minimum absolute atomic E-state index is 0.173. The third-order valence-corrected chi connectivity index (χ3v) is 15.3. The molecule has 0 aromatic carbocycles. The van der Waals surface area contributed by atoms with Gasteiger partial charge in [0.1, 0.15) is 24.9 Å². The molecule has 0 aromatic rings. The van der Waals surface area contributed by atoms with E-state index in [0.29, 0.717) is 6.61 Å². The van der Waals surface area contributed by atoms with E-state index in [9.17, 15) is 4.57 Å². The summed E-state index contributed by atoms with van der Waals surface area (Å²) in [5.74, 6) is -1.37. The smallest absolute Gasteiger partial charge is 0.415 e. The van der Waals surface area contributed by atoms with Crippen molar-refractivity contribution in [3.8, 4) is 0 Å². The van der Waals surface area contributed by atoms with E-state index in [-0.39, 0.29) is 6.61 Å². The van der Waals surface area contributed by atoms with Gasteiger partial charge in [0.05, 0.1) is 6.61 Å². The van der Waals surface area contributed by atoms with Crippen LogP contribution >= 0.6 is 7.82 Å². The Labute approximate surface area is 252 Å². The number of hydrogen-bond acceptors (Lipinski definition) is 9. The third-order valence-electron chi connectivity index (χ3n) is 4.77. The molecule has 0 aliphatic carbocycles. The molecule has 1 aliphatic rings. The van der Waals surface area contributed by atoms with E-state index in [1.54, 1.807) is 0 Å². The van der Waals surface area contributed by atoms with Gasteiger partial charge in [-0.1, -0.05) is 0 Å². The Balaban J connectivity index is 3.73. The Hall–Kier alpha value is 1.21. The van der Waals surface area contributed by atoms with Crippen LogP contribution in [-0.2, 0) is 40.0 Å². The van der Waals surface area contributed by atoms with Crippen LogP contribution in [0.5, 0.6) is 0 Å². The fourth-order valence-corrected chi connectivity index (χ4v) is 14.7. The zero-order valence-corrected chi connectivity index (χ0v) is 35.7. The van der Waals surface area contributed by atoms with E-state index in [1.807, 2.05) is 39.3 Å². The van der Waals surface area contributed by atoms with Crippen molar-refractivity contribution < 1.29 is 40.0 Å². The molecule has 0 amide bonds. The zero-order valence-electron chi connectivity index (χ0n) is 28.8. The average Bonchev–Trinajstić information content (AvgIpc) is 2.83. The molecule has 240 valence electrons. The van der Waals surface area contributed by atoms with Crippen molar-refractivity contribution in [3.63, 3.8) is 0 Å². The highest BCUT2D eigenvalue weighted by atomic mass is 31.2. The molecule has 0 saturated carbocycles. The Kier molecular flexibility index (Phi) is 13.0. The molecule has 1 aliphatic heterocycles. The standard InChI is InChI=1S/C24H61O9PSi6/c1-35(2,3)27-19-21-22(29-36(4,5)6)23(30-37(7,8)9)24(28-21,31-38(10,11)12)20-26-34(25,32-39(13,14)15)33-40(16,17)18/h21-23H,19-20H2,1-18H3/t21-,22-,23+,24+/m1/s1. The number of phosphoric acid groups is 1. The van der Waals surface area contributed by atoms with Gasteiger partial charge in [0.15, 0.2) is 49.9 Å². The Morgan fingerprint density at radius 3 is 1.43 bits per heavy atom. The van der Waals surface area contributed by atoms with Crippen molar-refractivity contribution in [2.45, 2.75) is 142 Å². The minimum Gasteiger partial charge on any atom is -0.415 e. The van der Waals surface area contributed by atoms with Crippen LogP contribution in [-0.4, -0.2) is 87.2 Å². The summed E-state index contributed by atoms with van der Waals surface area (Å²) in [6, 6.07) is 0. The van der Waals surface area contributed by atoms with Gasteiger partial charge in [-0.3, -0.25) is 4.52 Å². The van der Waals surface area contributed by atoms with Gasteiger partial charge in [0.25, 0.3) is 0 Å². The van der Waals surface area contributed by atoms with Gasteiger partial charge in [-0.05, 0) is 118 Å². The third kappa shape index (κ3) is 15.3. The predicted molar refractivity (Wildman–Crippen MR) is 180 cm³/mol. The van der Waals surface area contributed by atoms with Crippen LogP contribution in [0.3, 0.4) is 0 Å². The van der Waals surface area contributed by atoms with Crippen LogP contribution in [0.2, 0.25) is 118 Å². The van der Waals surface area contributed by atoms with Gasteiger partial charge >= 0.3 is 7.82 Å². The quantitative estimate of drug-likeness (QED) is 0.118. The van der Waals surface area contributed by atoms with E-state index in [2.05, 4.69) is 78.6 Å². The minimum atomic E-state index is -3.94. The Bertz CT molecular complexity index is 849. The van der Waals surface area contributed by atoms with E-state index in [4.69, 9.17) is 35.4 Å². The van der Waals surface area contributed by atoms with Gasteiger partial charge in [0, 0.05) is 0 Å². The highest BCUT2D eigenvalue weighted by Gasteiger charge is 2.61. The van der Waals surface area contributed by atoms with Crippen molar-refractivity contribution in [2.24, 2.45) is 0 Å². The molecule has 16 heteroatoms. The average molecular weight is 693 g/mol. The Morgan fingerprint density at radius 1 is 0.625 bits per heavy atom. The molecule has 4 atom stereocenters. The summed E-state index contributed by atoms with van der Waals surface area (Å²) in [6.07, 6.45) is -1.50. The molecular weight excluding hydrogens is 632 g/mol. The SMILES string of the molecule is C[Si](C)(C)OC[C@H]1O[C@@](COP(=O)(O[Si](C)(C)C)O[Si](C)(C)C)(O[Si](C)(C)C)[C@@H](O[Si](C)(C)C)[C@@H]1O[Si](C)(C)C. The first-order valence-electron chi connectivity index (χ1n) is 14.4. The molecule has 40 heavy (non-hydrogen) atoms. The van der Waals surface area contributed by atoms with E-state index in [1.165, 1.54) is 0 Å². The highest BCUT2D eigenvalue weighted by molar-refractivity contribution is 7.52. The second kappa shape index (κ2) is 13.3. The lowest BCUT2D eigenvalue weighted by Gasteiger charge is -2.43. The number of hydrogen-bond donors (Lipinski definition) is 0. The molecule has 1 rings (SSSR count). The molecule has 0 unspecified atom stereocenters. The topological polar surface area (TPSA) is 90.9 Å². The second-order valence-corrected chi connectivity index (χ2v) is 45.5. The summed E-state index contributed by atoms with van der Waals surface area (Å²) in [5.41, 5.74) is 0. The molecule has 0 spiro atoms. The summed E-state index contributed by atoms with van der Waals surface area (Å²) >= 11 is 0. The highest BCUT2D eigenvalue weighted by Crippen LogP contribution is 2.55. The monoisotopic (exact) mass is 692 g/mol. The van der Waals surface area contributed by atoms with E-state index in [0.717, 1.165) is 0 Å². The lowest BCUT2D eigenvalue weighted by molar-refractivity contribution is -0.229. The summed E-state index contributed by atoms with van der Waals surface area (Å²) in [4.78, 5) is 0. The Morgan fingerprint density at radius 2 is 1.07 bits per heavy atom. The van der Waals surface area contributed by atoms with Gasteiger partial charge in [-0.25, -0.2) is 4.57 Å². The molecule has 1 fully saturated rings. The fraction of sp³-hybridized carbons (Fsp3) is 1.00. The summed E-state index contributed by atoms with van der Waals surface area (Å²) in [6.45, 7) is 37.6. The molecule has 1 heterocycles. The fourth-order valence-electron chi connectivity index (χ4n) is 4.04. The maximum atomic E-state index is 14.2. The maximum Gasteiger partial charge on any atom is 0.455 e. The zero-order chi connectivity index (χ0) is 31.8. The molecule has 0 aromatic heterocycles. The first kappa shape index (κ1) is 39.2. The van der Waals surface area contributed by atoms with Crippen molar-refractivity contribution in [1.82, 2.24) is 0 Å². The summed E-state index contributed by atoms with van der Waals surface area (Å²) in [5, 5.41) is 0. The summed E-state index contributed by atoms with van der Waals surface area (Å²) < 4.78 is 66.4. The van der Waals surface area contributed by atoms with Crippen LogP contribution in [0.4, 0.5) is 0 Å². The van der Waals surface area contributed by atoms with Crippen LogP contribution in [0.15, 0.2) is 0 Å². The first-order chi connectivity index (χ1) is 17.3. The van der Waals surface area contributed by atoms with E-state index >= 15 is 0 Å². The predicted octanol–water partition coefficient (Wildman–Crippen LogP) is 8.05. The van der Waals surface area contributed by atoms with Crippen LogP contribution in [0.25, 0.3) is 0 Å². The van der Waals surface area contributed by atoms with Gasteiger partial charge in [-0.2, -0.15) is 0 Å². The molecule has 0 radical (unpaired) electrons.